The quantitative estimate of drug-likeness (QED) is 0.921. The predicted molar refractivity (Wildman–Crippen MR) is 79.9 cm³/mol. The molecule has 0 spiro atoms. The van der Waals surface area contributed by atoms with E-state index in [4.69, 9.17) is 0 Å². The Balaban J connectivity index is 1.83. The summed E-state index contributed by atoms with van der Waals surface area (Å²) >= 11 is 4.94. The molecule has 0 bridgehead atoms. The van der Waals surface area contributed by atoms with Crippen LogP contribution in [-0.2, 0) is 0 Å². The molecule has 1 amide bonds. The second kappa shape index (κ2) is 4.76. The Hall–Kier alpha value is -1.14. The molecule has 2 aromatic rings. The largest absolute Gasteiger partial charge is 0.339 e. The molecular formula is C13H14BrN3OS. The Bertz CT molecular complexity index is 623. The van der Waals surface area contributed by atoms with E-state index >= 15 is 0 Å². The lowest BCUT2D eigenvalue weighted by Crippen LogP contribution is -2.16. The number of amides is 1. The summed E-state index contributed by atoms with van der Waals surface area (Å²) in [4.78, 5) is 17.8. The second-order valence-corrected chi connectivity index (χ2v) is 6.92. The fraction of sp³-hybridized carbons (Fsp3) is 0.385. The summed E-state index contributed by atoms with van der Waals surface area (Å²) in [5.41, 5.74) is 1.67. The summed E-state index contributed by atoms with van der Waals surface area (Å²) in [6.07, 6.45) is 4.28. The number of carbonyl (C=O) groups is 1. The maximum absolute atomic E-state index is 12.3. The third-order valence-corrected chi connectivity index (χ3v) is 4.66. The van der Waals surface area contributed by atoms with Gasteiger partial charge in [0.25, 0.3) is 5.91 Å². The van der Waals surface area contributed by atoms with E-state index in [0.29, 0.717) is 16.9 Å². The van der Waals surface area contributed by atoms with Crippen molar-refractivity contribution >= 4 is 38.3 Å². The first-order valence-corrected chi connectivity index (χ1v) is 7.78. The van der Waals surface area contributed by atoms with E-state index in [1.807, 2.05) is 30.7 Å². The maximum atomic E-state index is 12.3. The number of aromatic nitrogens is 2. The zero-order chi connectivity index (χ0) is 13.6. The van der Waals surface area contributed by atoms with E-state index in [1.54, 1.807) is 0 Å². The number of rotatable bonds is 3. The summed E-state index contributed by atoms with van der Waals surface area (Å²) < 4.78 is 2.99. The number of carbonyl (C=O) groups excluding carboxylic acids is 1. The van der Waals surface area contributed by atoms with Gasteiger partial charge >= 0.3 is 0 Å². The first-order valence-electron chi connectivity index (χ1n) is 6.17. The van der Waals surface area contributed by atoms with Gasteiger partial charge in [0.05, 0.1) is 5.69 Å². The molecule has 0 radical (unpaired) electrons. The van der Waals surface area contributed by atoms with Gasteiger partial charge in [0, 0.05) is 21.6 Å². The first kappa shape index (κ1) is 12.9. The van der Waals surface area contributed by atoms with Gasteiger partial charge in [0.1, 0.15) is 5.69 Å². The number of nitrogens with one attached hydrogen (secondary N) is 1. The smallest absolute Gasteiger partial charge is 0.274 e. The van der Waals surface area contributed by atoms with Crippen molar-refractivity contribution < 1.29 is 4.79 Å². The summed E-state index contributed by atoms with van der Waals surface area (Å²) in [5.74, 6) is -0.0913. The van der Waals surface area contributed by atoms with Crippen molar-refractivity contribution in [2.45, 2.75) is 32.7 Å². The topological polar surface area (TPSA) is 46.9 Å². The number of anilines is 1. The molecule has 0 aromatic carbocycles. The molecule has 3 rings (SSSR count). The number of nitrogens with zero attached hydrogens (tertiary/aromatic N) is 2. The highest BCUT2D eigenvalue weighted by molar-refractivity contribution is 9.10. The molecule has 1 saturated carbocycles. The van der Waals surface area contributed by atoms with Gasteiger partial charge in [-0.1, -0.05) is 0 Å². The van der Waals surface area contributed by atoms with Crippen molar-refractivity contribution in [3.63, 3.8) is 0 Å². The summed E-state index contributed by atoms with van der Waals surface area (Å²) in [5, 5.41) is 3.55. The number of aryl methyl sites for hydroxylation is 2. The van der Waals surface area contributed by atoms with Crippen LogP contribution in [0.3, 0.4) is 0 Å². The molecule has 1 N–H and O–H groups in total. The van der Waals surface area contributed by atoms with E-state index < -0.39 is 0 Å². The lowest BCUT2D eigenvalue weighted by Gasteiger charge is -2.06. The minimum atomic E-state index is -0.0913. The van der Waals surface area contributed by atoms with Crippen LogP contribution in [0.1, 0.15) is 39.9 Å². The monoisotopic (exact) mass is 339 g/mol. The minimum Gasteiger partial charge on any atom is -0.339 e. The fourth-order valence-electron chi connectivity index (χ4n) is 1.97. The number of hydrogen-bond acceptors (Lipinski definition) is 3. The number of hydrogen-bond donors (Lipinski definition) is 1. The highest BCUT2D eigenvalue weighted by Crippen LogP contribution is 2.37. The summed E-state index contributed by atoms with van der Waals surface area (Å²) in [6, 6.07) is 2.34. The molecule has 4 nitrogen and oxygen atoms in total. The molecule has 1 aliphatic carbocycles. The van der Waals surface area contributed by atoms with Gasteiger partial charge < -0.3 is 4.57 Å². The van der Waals surface area contributed by atoms with Crippen LogP contribution in [0, 0.1) is 13.8 Å². The predicted octanol–water partition coefficient (Wildman–Crippen LogP) is 3.91. The lowest BCUT2D eigenvalue weighted by molar-refractivity contribution is 0.101. The van der Waals surface area contributed by atoms with Crippen LogP contribution in [0.4, 0.5) is 5.13 Å². The molecule has 1 aliphatic rings. The van der Waals surface area contributed by atoms with Crippen molar-refractivity contribution in [2.75, 3.05) is 5.32 Å². The third-order valence-electron chi connectivity index (χ3n) is 3.24. The molecule has 0 unspecified atom stereocenters. The van der Waals surface area contributed by atoms with Gasteiger partial charge in [0.15, 0.2) is 5.13 Å². The van der Waals surface area contributed by atoms with E-state index in [9.17, 15) is 4.79 Å². The summed E-state index contributed by atoms with van der Waals surface area (Å²) in [6.45, 7) is 3.96. The average molecular weight is 340 g/mol. The van der Waals surface area contributed by atoms with Crippen LogP contribution in [0.2, 0.25) is 0 Å². The van der Waals surface area contributed by atoms with Gasteiger partial charge in [0.2, 0.25) is 0 Å². The minimum absolute atomic E-state index is 0.0913. The van der Waals surface area contributed by atoms with Gasteiger partial charge in [-0.15, -0.1) is 11.3 Å². The average Bonchev–Trinajstić information content (AvgIpc) is 3.04. The van der Waals surface area contributed by atoms with Crippen LogP contribution in [-0.4, -0.2) is 15.5 Å². The van der Waals surface area contributed by atoms with E-state index in [1.165, 1.54) is 11.3 Å². The Labute approximate surface area is 124 Å². The molecular weight excluding hydrogens is 326 g/mol. The SMILES string of the molecule is Cc1nc(NC(=O)c2cc(Br)cn2C2CC2)sc1C. The molecule has 2 aromatic heterocycles. The van der Waals surface area contributed by atoms with Crippen molar-refractivity contribution in [1.82, 2.24) is 9.55 Å². The zero-order valence-electron chi connectivity index (χ0n) is 10.7. The Morgan fingerprint density at radius 1 is 1.53 bits per heavy atom. The molecule has 19 heavy (non-hydrogen) atoms. The molecule has 100 valence electrons. The van der Waals surface area contributed by atoms with Crippen LogP contribution < -0.4 is 5.32 Å². The standard InChI is InChI=1S/C13H14BrN3OS/c1-7-8(2)19-13(15-7)16-12(18)11-5-9(14)6-17(11)10-3-4-10/h5-6,10H,3-4H2,1-2H3,(H,15,16,18). The maximum Gasteiger partial charge on any atom is 0.274 e. The molecule has 1 fully saturated rings. The van der Waals surface area contributed by atoms with Crippen LogP contribution in [0.5, 0.6) is 0 Å². The van der Waals surface area contributed by atoms with Gasteiger partial charge in [-0.25, -0.2) is 4.98 Å². The number of thiazole rings is 1. The molecule has 2 heterocycles. The Morgan fingerprint density at radius 2 is 2.26 bits per heavy atom. The third kappa shape index (κ3) is 2.60. The van der Waals surface area contributed by atoms with E-state index in [0.717, 1.165) is 27.9 Å². The normalized spacial score (nSPS) is 14.7. The van der Waals surface area contributed by atoms with Gasteiger partial charge in [-0.05, 0) is 48.7 Å². The van der Waals surface area contributed by atoms with Crippen LogP contribution in [0.25, 0.3) is 0 Å². The fourth-order valence-corrected chi connectivity index (χ4v) is 3.22. The van der Waals surface area contributed by atoms with Crippen molar-refractivity contribution in [3.05, 3.63) is 33.0 Å². The van der Waals surface area contributed by atoms with Crippen LogP contribution in [0.15, 0.2) is 16.7 Å². The van der Waals surface area contributed by atoms with Crippen LogP contribution >= 0.6 is 27.3 Å². The van der Waals surface area contributed by atoms with Gasteiger partial charge in [-0.3, -0.25) is 10.1 Å². The highest BCUT2D eigenvalue weighted by Gasteiger charge is 2.28. The zero-order valence-corrected chi connectivity index (χ0v) is 13.1. The highest BCUT2D eigenvalue weighted by atomic mass is 79.9. The van der Waals surface area contributed by atoms with Crippen molar-refractivity contribution in [3.8, 4) is 0 Å². The van der Waals surface area contributed by atoms with Crippen molar-refractivity contribution in [2.24, 2.45) is 0 Å². The Morgan fingerprint density at radius 3 is 2.84 bits per heavy atom. The summed E-state index contributed by atoms with van der Waals surface area (Å²) in [7, 11) is 0. The molecule has 0 aliphatic heterocycles. The van der Waals surface area contributed by atoms with Crippen molar-refractivity contribution in [1.29, 1.82) is 0 Å². The lowest BCUT2D eigenvalue weighted by atomic mass is 10.4. The molecule has 0 saturated heterocycles. The molecule has 6 heteroatoms. The first-order chi connectivity index (χ1) is 9.04. The molecule has 0 atom stereocenters. The van der Waals surface area contributed by atoms with Gasteiger partial charge in [-0.2, -0.15) is 0 Å². The Kier molecular flexibility index (Phi) is 3.22. The second-order valence-electron chi connectivity index (χ2n) is 4.80. The van der Waals surface area contributed by atoms with E-state index in [2.05, 4.69) is 26.2 Å². The van der Waals surface area contributed by atoms with E-state index in [-0.39, 0.29) is 5.91 Å². The number of halogens is 1.